The number of halogens is 1. The van der Waals surface area contributed by atoms with Crippen LogP contribution in [0.25, 0.3) is 0 Å². The maximum absolute atomic E-state index is 13.3. The predicted molar refractivity (Wildman–Crippen MR) is 74.3 cm³/mol. The largest absolute Gasteiger partial charge is 0.491 e. The molecule has 110 valence electrons. The zero-order valence-electron chi connectivity index (χ0n) is 11.8. The first-order chi connectivity index (χ1) is 9.69. The van der Waals surface area contributed by atoms with Crippen molar-refractivity contribution in [2.75, 3.05) is 39.3 Å². The molecule has 20 heavy (non-hydrogen) atoms. The molecule has 1 saturated heterocycles. The minimum Gasteiger partial charge on any atom is -0.491 e. The van der Waals surface area contributed by atoms with Gasteiger partial charge in [-0.2, -0.15) is 0 Å². The molecule has 4 nitrogen and oxygen atoms in total. The van der Waals surface area contributed by atoms with Crippen molar-refractivity contribution in [3.63, 3.8) is 0 Å². The number of ether oxygens (including phenoxy) is 1. The summed E-state index contributed by atoms with van der Waals surface area (Å²) in [5.41, 5.74) is 0.569. The Labute approximate surface area is 118 Å². The normalized spacial score (nSPS) is 27.9. The number of fused-ring (bicyclic) bond motifs is 1. The number of aliphatic hydroxyl groups is 1. The van der Waals surface area contributed by atoms with E-state index < -0.39 is 6.10 Å². The predicted octanol–water partition coefficient (Wildman–Crippen LogP) is 1.26. The topological polar surface area (TPSA) is 35.9 Å². The van der Waals surface area contributed by atoms with E-state index in [9.17, 15) is 9.50 Å². The molecule has 2 heterocycles. The van der Waals surface area contributed by atoms with Crippen LogP contribution in [0.3, 0.4) is 0 Å². The summed E-state index contributed by atoms with van der Waals surface area (Å²) in [6.07, 6.45) is -0.678. The van der Waals surface area contributed by atoms with E-state index in [-0.39, 0.29) is 11.9 Å². The smallest absolute Gasteiger partial charge is 0.125 e. The summed E-state index contributed by atoms with van der Waals surface area (Å²) in [5.74, 6) is 0.269. The zero-order chi connectivity index (χ0) is 14.1. The summed E-state index contributed by atoms with van der Waals surface area (Å²) < 4.78 is 19.0. The standard InChI is InChI=1S/C15H21FN2O2/c1-2-17-5-7-18(8-6-17)13-10-20-14-4-3-11(16)9-12(14)15(13)19/h3-4,9,13,15,19H,2,5-8,10H2,1H3. The average molecular weight is 280 g/mol. The maximum Gasteiger partial charge on any atom is 0.125 e. The number of nitrogens with zero attached hydrogens (tertiary/aromatic N) is 2. The average Bonchev–Trinajstić information content (AvgIpc) is 2.48. The Bertz CT molecular complexity index is 475. The lowest BCUT2D eigenvalue weighted by Gasteiger charge is -2.42. The Morgan fingerprint density at radius 1 is 1.30 bits per heavy atom. The van der Waals surface area contributed by atoms with Crippen molar-refractivity contribution >= 4 is 0 Å². The van der Waals surface area contributed by atoms with E-state index >= 15 is 0 Å². The van der Waals surface area contributed by atoms with E-state index in [0.717, 1.165) is 32.7 Å². The molecule has 2 aliphatic heterocycles. The van der Waals surface area contributed by atoms with Gasteiger partial charge in [0.1, 0.15) is 24.3 Å². The van der Waals surface area contributed by atoms with E-state index in [0.29, 0.717) is 17.9 Å². The van der Waals surface area contributed by atoms with Crippen molar-refractivity contribution in [3.8, 4) is 5.75 Å². The number of likely N-dealkylation sites (N-methyl/N-ethyl adjacent to an activating group) is 1. The van der Waals surface area contributed by atoms with Crippen molar-refractivity contribution in [1.82, 2.24) is 9.80 Å². The number of hydrogen-bond acceptors (Lipinski definition) is 4. The van der Waals surface area contributed by atoms with Gasteiger partial charge in [-0.3, -0.25) is 4.90 Å². The van der Waals surface area contributed by atoms with Crippen LogP contribution in [-0.4, -0.2) is 60.3 Å². The third-order valence-corrected chi connectivity index (χ3v) is 4.39. The highest BCUT2D eigenvalue weighted by atomic mass is 19.1. The molecule has 0 saturated carbocycles. The molecular weight excluding hydrogens is 259 g/mol. The third-order valence-electron chi connectivity index (χ3n) is 4.39. The minimum absolute atomic E-state index is 0.0803. The highest BCUT2D eigenvalue weighted by molar-refractivity contribution is 5.38. The molecule has 0 amide bonds. The van der Waals surface area contributed by atoms with Crippen LogP contribution < -0.4 is 4.74 Å². The Kier molecular flexibility index (Phi) is 3.92. The van der Waals surface area contributed by atoms with Gasteiger partial charge in [0.05, 0.1) is 6.04 Å². The van der Waals surface area contributed by atoms with Gasteiger partial charge in [0.2, 0.25) is 0 Å². The van der Waals surface area contributed by atoms with E-state index in [2.05, 4.69) is 16.7 Å². The molecular formula is C15H21FN2O2. The fraction of sp³-hybridized carbons (Fsp3) is 0.600. The number of hydrogen-bond donors (Lipinski definition) is 1. The van der Waals surface area contributed by atoms with Crippen molar-refractivity contribution in [1.29, 1.82) is 0 Å². The molecule has 0 radical (unpaired) electrons. The third kappa shape index (κ3) is 2.53. The number of aliphatic hydroxyl groups excluding tert-OH is 1. The Morgan fingerprint density at radius 2 is 2.05 bits per heavy atom. The lowest BCUT2D eigenvalue weighted by atomic mass is 9.97. The molecule has 3 rings (SSSR count). The molecule has 1 aromatic rings. The van der Waals surface area contributed by atoms with Gasteiger partial charge >= 0.3 is 0 Å². The van der Waals surface area contributed by atoms with Gasteiger partial charge in [0.25, 0.3) is 0 Å². The lowest BCUT2D eigenvalue weighted by molar-refractivity contribution is -0.0167. The van der Waals surface area contributed by atoms with Crippen molar-refractivity contribution in [2.24, 2.45) is 0 Å². The Morgan fingerprint density at radius 3 is 2.75 bits per heavy atom. The van der Waals surface area contributed by atoms with Gasteiger partial charge in [0.15, 0.2) is 0 Å². The summed E-state index contributed by atoms with van der Waals surface area (Å²) in [6, 6.07) is 4.27. The van der Waals surface area contributed by atoms with Gasteiger partial charge in [-0.1, -0.05) is 6.92 Å². The SMILES string of the molecule is CCN1CCN(C2COc3ccc(F)cc3C2O)CC1. The summed E-state index contributed by atoms with van der Waals surface area (Å²) >= 11 is 0. The molecule has 2 atom stereocenters. The van der Waals surface area contributed by atoms with Crippen molar-refractivity contribution in [2.45, 2.75) is 19.1 Å². The first-order valence-corrected chi connectivity index (χ1v) is 7.25. The minimum atomic E-state index is -0.678. The second-order valence-electron chi connectivity index (χ2n) is 5.48. The van der Waals surface area contributed by atoms with Gasteiger partial charge < -0.3 is 14.7 Å². The van der Waals surface area contributed by atoms with Crippen LogP contribution in [0.5, 0.6) is 5.75 Å². The molecule has 1 aromatic carbocycles. The zero-order valence-corrected chi connectivity index (χ0v) is 11.8. The second kappa shape index (κ2) is 5.68. The van der Waals surface area contributed by atoms with E-state index in [1.54, 1.807) is 6.07 Å². The van der Waals surface area contributed by atoms with E-state index in [1.807, 2.05) is 0 Å². The van der Waals surface area contributed by atoms with Gasteiger partial charge in [-0.05, 0) is 24.7 Å². The number of benzene rings is 1. The van der Waals surface area contributed by atoms with Crippen LogP contribution >= 0.6 is 0 Å². The molecule has 1 fully saturated rings. The summed E-state index contributed by atoms with van der Waals surface area (Å²) in [7, 11) is 0. The van der Waals surface area contributed by atoms with Crippen LogP contribution in [0.15, 0.2) is 18.2 Å². The van der Waals surface area contributed by atoms with E-state index in [1.165, 1.54) is 12.1 Å². The number of rotatable bonds is 2. The van der Waals surface area contributed by atoms with Gasteiger partial charge in [-0.25, -0.2) is 4.39 Å². The van der Waals surface area contributed by atoms with Crippen LogP contribution in [0.2, 0.25) is 0 Å². The van der Waals surface area contributed by atoms with Gasteiger partial charge in [-0.15, -0.1) is 0 Å². The first kappa shape index (κ1) is 13.8. The fourth-order valence-electron chi connectivity index (χ4n) is 3.07. The molecule has 0 aromatic heterocycles. The summed E-state index contributed by atoms with van der Waals surface area (Å²) in [6.45, 7) is 7.55. The summed E-state index contributed by atoms with van der Waals surface area (Å²) in [4.78, 5) is 4.64. The molecule has 1 N–H and O–H groups in total. The first-order valence-electron chi connectivity index (χ1n) is 7.25. The van der Waals surface area contributed by atoms with Gasteiger partial charge in [0, 0.05) is 31.7 Å². The van der Waals surface area contributed by atoms with Crippen LogP contribution in [-0.2, 0) is 0 Å². The Hall–Kier alpha value is -1.17. The number of piperazine rings is 1. The molecule has 0 bridgehead atoms. The molecule has 0 aliphatic carbocycles. The quantitative estimate of drug-likeness (QED) is 0.885. The second-order valence-corrected chi connectivity index (χ2v) is 5.48. The molecule has 2 aliphatic rings. The monoisotopic (exact) mass is 280 g/mol. The fourth-order valence-corrected chi connectivity index (χ4v) is 3.07. The van der Waals surface area contributed by atoms with Crippen molar-refractivity contribution < 1.29 is 14.2 Å². The van der Waals surface area contributed by atoms with Crippen molar-refractivity contribution in [3.05, 3.63) is 29.6 Å². The van der Waals surface area contributed by atoms with Crippen LogP contribution in [0, 0.1) is 5.82 Å². The lowest BCUT2D eigenvalue weighted by Crippen LogP contribution is -2.54. The highest BCUT2D eigenvalue weighted by Crippen LogP contribution is 2.34. The molecule has 2 unspecified atom stereocenters. The highest BCUT2D eigenvalue weighted by Gasteiger charge is 2.35. The van der Waals surface area contributed by atoms with Crippen LogP contribution in [0.1, 0.15) is 18.6 Å². The molecule has 5 heteroatoms. The van der Waals surface area contributed by atoms with Crippen LogP contribution in [0.4, 0.5) is 4.39 Å². The maximum atomic E-state index is 13.3. The Balaban J connectivity index is 1.73. The summed E-state index contributed by atoms with van der Waals surface area (Å²) in [5, 5.41) is 10.5. The van der Waals surface area contributed by atoms with E-state index in [4.69, 9.17) is 4.74 Å². The molecule has 0 spiro atoms.